The number of nitrogens with one attached hydrogen (secondary N) is 1. The van der Waals surface area contributed by atoms with Gasteiger partial charge in [-0.3, -0.25) is 0 Å². The molecule has 94 valence electrons. The quantitative estimate of drug-likeness (QED) is 0.770. The van der Waals surface area contributed by atoms with E-state index in [-0.39, 0.29) is 6.03 Å². The smallest absolute Gasteiger partial charge is 0.316 e. The maximum Gasteiger partial charge on any atom is 0.316 e. The lowest BCUT2D eigenvalue weighted by atomic mass is 9.78. The Morgan fingerprint density at radius 2 is 2.00 bits per heavy atom. The molecule has 16 heavy (non-hydrogen) atoms. The molecule has 0 saturated heterocycles. The summed E-state index contributed by atoms with van der Waals surface area (Å²) in [7, 11) is 3.40. The van der Waals surface area contributed by atoms with Crippen LogP contribution in [0.1, 0.15) is 39.0 Å². The van der Waals surface area contributed by atoms with Gasteiger partial charge in [-0.2, -0.15) is 0 Å². The Morgan fingerprint density at radius 1 is 1.44 bits per heavy atom. The van der Waals surface area contributed by atoms with E-state index in [9.17, 15) is 9.90 Å². The van der Waals surface area contributed by atoms with E-state index in [1.165, 1.54) is 11.3 Å². The molecule has 1 aliphatic carbocycles. The highest BCUT2D eigenvalue weighted by molar-refractivity contribution is 5.73. The summed E-state index contributed by atoms with van der Waals surface area (Å²) in [6.45, 7) is 2.57. The molecule has 0 heterocycles. The topological polar surface area (TPSA) is 52.6 Å². The van der Waals surface area contributed by atoms with Crippen molar-refractivity contribution in [3.63, 3.8) is 0 Å². The molecule has 0 unspecified atom stereocenters. The summed E-state index contributed by atoms with van der Waals surface area (Å²) in [5.74, 6) is 0.754. The van der Waals surface area contributed by atoms with Crippen molar-refractivity contribution in [2.45, 2.75) is 44.6 Å². The van der Waals surface area contributed by atoms with Crippen molar-refractivity contribution >= 4 is 6.03 Å². The standard InChI is InChI=1S/C12H24N2O2/c1-4-10-5-7-12(16,8-6-10)9-13-11(15)14(2)3/h10,16H,4-9H2,1-3H3,(H,13,15). The molecule has 0 aromatic rings. The molecule has 0 bridgehead atoms. The van der Waals surface area contributed by atoms with E-state index in [0.29, 0.717) is 6.54 Å². The molecule has 2 N–H and O–H groups in total. The fourth-order valence-corrected chi connectivity index (χ4v) is 2.20. The van der Waals surface area contributed by atoms with E-state index < -0.39 is 5.60 Å². The van der Waals surface area contributed by atoms with Crippen molar-refractivity contribution in [2.24, 2.45) is 5.92 Å². The summed E-state index contributed by atoms with van der Waals surface area (Å²) in [6, 6.07) is -0.133. The Morgan fingerprint density at radius 3 is 2.44 bits per heavy atom. The van der Waals surface area contributed by atoms with Crippen LogP contribution in [0.15, 0.2) is 0 Å². The molecule has 1 saturated carbocycles. The van der Waals surface area contributed by atoms with E-state index in [2.05, 4.69) is 12.2 Å². The maximum absolute atomic E-state index is 11.4. The second-order valence-electron chi connectivity index (χ2n) is 5.13. The molecule has 1 rings (SSSR count). The van der Waals surface area contributed by atoms with Crippen LogP contribution in [0.25, 0.3) is 0 Å². The Labute approximate surface area is 98.0 Å². The number of amides is 2. The fraction of sp³-hybridized carbons (Fsp3) is 0.917. The average molecular weight is 228 g/mol. The maximum atomic E-state index is 11.4. The molecule has 0 radical (unpaired) electrons. The highest BCUT2D eigenvalue weighted by Gasteiger charge is 2.32. The Bertz CT molecular complexity index is 233. The molecule has 1 fully saturated rings. The normalized spacial score (nSPS) is 29.9. The van der Waals surface area contributed by atoms with Crippen molar-refractivity contribution in [2.75, 3.05) is 20.6 Å². The number of hydrogen-bond acceptors (Lipinski definition) is 2. The lowest BCUT2D eigenvalue weighted by molar-refractivity contribution is -0.00697. The second kappa shape index (κ2) is 5.53. The molecule has 1 aliphatic rings. The Balaban J connectivity index is 2.34. The molecule has 0 aliphatic heterocycles. The summed E-state index contributed by atoms with van der Waals surface area (Å²) >= 11 is 0. The fourth-order valence-electron chi connectivity index (χ4n) is 2.20. The molecule has 0 atom stereocenters. The van der Waals surface area contributed by atoms with Crippen molar-refractivity contribution in [3.05, 3.63) is 0 Å². The lowest BCUT2D eigenvalue weighted by Crippen LogP contribution is -2.47. The van der Waals surface area contributed by atoms with Gasteiger partial charge in [0.15, 0.2) is 0 Å². The number of nitrogens with zero attached hydrogens (tertiary/aromatic N) is 1. The number of hydrogen-bond donors (Lipinski definition) is 2. The second-order valence-corrected chi connectivity index (χ2v) is 5.13. The van der Waals surface area contributed by atoms with Crippen molar-refractivity contribution in [1.29, 1.82) is 0 Å². The predicted octanol–water partition coefficient (Wildman–Crippen LogP) is 1.59. The van der Waals surface area contributed by atoms with Crippen LogP contribution in [0.4, 0.5) is 4.79 Å². The number of carbonyl (C=O) groups is 1. The number of aliphatic hydroxyl groups is 1. The van der Waals surface area contributed by atoms with Gasteiger partial charge < -0.3 is 15.3 Å². The first-order valence-corrected chi connectivity index (χ1v) is 6.14. The average Bonchev–Trinajstić information content (AvgIpc) is 2.27. The van der Waals surface area contributed by atoms with Gasteiger partial charge in [0.25, 0.3) is 0 Å². The van der Waals surface area contributed by atoms with Crippen LogP contribution in [-0.4, -0.2) is 42.3 Å². The van der Waals surface area contributed by atoms with Crippen molar-refractivity contribution in [1.82, 2.24) is 10.2 Å². The zero-order valence-electron chi connectivity index (χ0n) is 10.6. The zero-order valence-corrected chi connectivity index (χ0v) is 10.6. The minimum Gasteiger partial charge on any atom is -0.388 e. The van der Waals surface area contributed by atoms with Crippen LogP contribution in [-0.2, 0) is 0 Å². The van der Waals surface area contributed by atoms with E-state index in [0.717, 1.165) is 31.6 Å². The van der Waals surface area contributed by atoms with Crippen LogP contribution in [0.2, 0.25) is 0 Å². The molecule has 0 aromatic carbocycles. The molecular weight excluding hydrogens is 204 g/mol. The Hall–Kier alpha value is -0.770. The summed E-state index contributed by atoms with van der Waals surface area (Å²) in [4.78, 5) is 12.8. The van der Waals surface area contributed by atoms with Crippen LogP contribution in [0.5, 0.6) is 0 Å². The number of urea groups is 1. The SMILES string of the molecule is CCC1CCC(O)(CNC(=O)N(C)C)CC1. The van der Waals surface area contributed by atoms with Crippen LogP contribution in [0, 0.1) is 5.92 Å². The minimum atomic E-state index is -0.683. The van der Waals surface area contributed by atoms with E-state index in [1.807, 2.05) is 0 Å². The summed E-state index contributed by atoms with van der Waals surface area (Å²) < 4.78 is 0. The van der Waals surface area contributed by atoms with Gasteiger partial charge in [-0.25, -0.2) is 4.79 Å². The van der Waals surface area contributed by atoms with Gasteiger partial charge in [0.1, 0.15) is 0 Å². The Kier molecular flexibility index (Phi) is 4.59. The highest BCUT2D eigenvalue weighted by atomic mass is 16.3. The third-order valence-electron chi connectivity index (χ3n) is 3.59. The van der Waals surface area contributed by atoms with Gasteiger partial charge in [0.2, 0.25) is 0 Å². The molecule has 4 heteroatoms. The van der Waals surface area contributed by atoms with Crippen molar-refractivity contribution in [3.8, 4) is 0 Å². The van der Waals surface area contributed by atoms with Crippen LogP contribution in [0.3, 0.4) is 0 Å². The van der Waals surface area contributed by atoms with E-state index >= 15 is 0 Å². The van der Waals surface area contributed by atoms with Crippen LogP contribution < -0.4 is 5.32 Å². The van der Waals surface area contributed by atoms with Gasteiger partial charge in [-0.15, -0.1) is 0 Å². The summed E-state index contributed by atoms with van der Waals surface area (Å²) in [5, 5.41) is 13.0. The first kappa shape index (κ1) is 13.3. The van der Waals surface area contributed by atoms with Gasteiger partial charge in [-0.05, 0) is 31.6 Å². The van der Waals surface area contributed by atoms with Gasteiger partial charge >= 0.3 is 6.03 Å². The van der Waals surface area contributed by atoms with Crippen LogP contribution >= 0.6 is 0 Å². The molecular formula is C12H24N2O2. The summed E-state index contributed by atoms with van der Waals surface area (Å²) in [6.07, 6.45) is 4.95. The third kappa shape index (κ3) is 3.67. The predicted molar refractivity (Wildman–Crippen MR) is 64.3 cm³/mol. The lowest BCUT2D eigenvalue weighted by Gasteiger charge is -2.36. The zero-order chi connectivity index (χ0) is 12.2. The first-order valence-electron chi connectivity index (χ1n) is 6.14. The molecule has 4 nitrogen and oxygen atoms in total. The first-order chi connectivity index (χ1) is 7.47. The third-order valence-corrected chi connectivity index (χ3v) is 3.59. The number of carbonyl (C=O) groups excluding carboxylic acids is 1. The summed E-state index contributed by atoms with van der Waals surface area (Å²) in [5.41, 5.74) is -0.683. The molecule has 0 spiro atoms. The molecule has 0 aromatic heterocycles. The van der Waals surface area contributed by atoms with E-state index in [1.54, 1.807) is 14.1 Å². The highest BCUT2D eigenvalue weighted by Crippen LogP contribution is 2.33. The van der Waals surface area contributed by atoms with Gasteiger partial charge in [0.05, 0.1) is 5.60 Å². The largest absolute Gasteiger partial charge is 0.388 e. The van der Waals surface area contributed by atoms with Gasteiger partial charge in [0, 0.05) is 20.6 Å². The molecule has 2 amide bonds. The monoisotopic (exact) mass is 228 g/mol. The van der Waals surface area contributed by atoms with Gasteiger partial charge in [-0.1, -0.05) is 13.3 Å². The number of rotatable bonds is 3. The minimum absolute atomic E-state index is 0.133. The van der Waals surface area contributed by atoms with E-state index in [4.69, 9.17) is 0 Å². The van der Waals surface area contributed by atoms with Crippen molar-refractivity contribution < 1.29 is 9.90 Å².